The van der Waals surface area contributed by atoms with Crippen molar-refractivity contribution in [3.63, 3.8) is 0 Å². The zero-order valence-corrected chi connectivity index (χ0v) is 17.9. The lowest BCUT2D eigenvalue weighted by molar-refractivity contribution is -0.114. The maximum absolute atomic E-state index is 14.6. The molecule has 1 aromatic heterocycles. The minimum atomic E-state index is -3.70. The summed E-state index contributed by atoms with van der Waals surface area (Å²) < 4.78 is 42.8. The van der Waals surface area contributed by atoms with Crippen molar-refractivity contribution >= 4 is 27.4 Å². The average Bonchev–Trinajstić information content (AvgIpc) is 2.67. The van der Waals surface area contributed by atoms with E-state index in [1.165, 1.54) is 23.6 Å². The van der Waals surface area contributed by atoms with E-state index in [1.807, 2.05) is 11.8 Å². The normalized spacial score (nSPS) is 21.3. The molecule has 0 radical (unpaired) electrons. The lowest BCUT2D eigenvalue weighted by Crippen LogP contribution is -2.70. The van der Waals surface area contributed by atoms with Crippen molar-refractivity contribution in [2.24, 2.45) is 0 Å². The Morgan fingerprint density at radius 2 is 1.97 bits per heavy atom. The van der Waals surface area contributed by atoms with Gasteiger partial charge in [-0.25, -0.2) is 22.8 Å². The smallest absolute Gasteiger partial charge is 0.243 e. The fourth-order valence-electron chi connectivity index (χ4n) is 4.34. The molecule has 2 bridgehead atoms. The molecule has 0 aliphatic carbocycles. The first kappa shape index (κ1) is 20.7. The summed E-state index contributed by atoms with van der Waals surface area (Å²) in [5.41, 5.74) is 1.48. The summed E-state index contributed by atoms with van der Waals surface area (Å²) in [5.74, 6) is -0.407. The average molecular weight is 434 g/mol. The van der Waals surface area contributed by atoms with Gasteiger partial charge in [-0.05, 0) is 43.5 Å². The number of piperazine rings is 1. The first-order valence-electron chi connectivity index (χ1n) is 9.88. The van der Waals surface area contributed by atoms with Crippen molar-refractivity contribution < 1.29 is 17.6 Å². The van der Waals surface area contributed by atoms with Gasteiger partial charge in [-0.3, -0.25) is 4.79 Å². The van der Waals surface area contributed by atoms with E-state index >= 15 is 0 Å². The molecule has 4 heterocycles. The summed E-state index contributed by atoms with van der Waals surface area (Å²) in [6.07, 6.45) is 2.56. The Hall–Kier alpha value is -2.59. The second-order valence-corrected chi connectivity index (χ2v) is 9.57. The Morgan fingerprint density at radius 3 is 2.57 bits per heavy atom. The number of aromatic nitrogens is 2. The third-order valence-corrected chi connectivity index (χ3v) is 7.82. The van der Waals surface area contributed by atoms with Gasteiger partial charge in [-0.2, -0.15) is 4.31 Å². The van der Waals surface area contributed by atoms with Crippen LogP contribution in [0.1, 0.15) is 31.5 Å². The molecule has 3 aliphatic heterocycles. The summed E-state index contributed by atoms with van der Waals surface area (Å²) in [7, 11) is -3.70. The van der Waals surface area contributed by atoms with Gasteiger partial charge in [0.05, 0.1) is 10.6 Å². The van der Waals surface area contributed by atoms with Crippen molar-refractivity contribution in [2.75, 3.05) is 23.3 Å². The number of hydrogen-bond donors (Lipinski definition) is 1. The number of nitrogens with zero attached hydrogens (tertiary/aromatic N) is 4. The van der Waals surface area contributed by atoms with E-state index in [0.717, 1.165) is 6.42 Å². The molecule has 3 saturated heterocycles. The standard InChI is InChI=1S/C20H24FN5O3S/c1-4-17-19(21)20(23-11-22-17)25-9-15-8-16(10-25)26(15)30(28,29)18-6-5-14(7-12(18)2)24-13(3)27/h5-7,11,15-16H,4,8-10H2,1-3H3,(H,24,27). The highest BCUT2D eigenvalue weighted by molar-refractivity contribution is 7.89. The van der Waals surface area contributed by atoms with Crippen LogP contribution in [0.25, 0.3) is 0 Å². The Balaban J connectivity index is 1.56. The first-order valence-corrected chi connectivity index (χ1v) is 11.3. The third kappa shape index (κ3) is 3.43. The number of anilines is 2. The summed E-state index contributed by atoms with van der Waals surface area (Å²) >= 11 is 0. The van der Waals surface area contributed by atoms with Crippen molar-refractivity contribution in [1.82, 2.24) is 14.3 Å². The van der Waals surface area contributed by atoms with E-state index < -0.39 is 15.8 Å². The Labute approximate surface area is 175 Å². The van der Waals surface area contributed by atoms with Crippen LogP contribution in [0.5, 0.6) is 0 Å². The number of nitrogens with one attached hydrogen (secondary N) is 1. The second kappa shape index (κ2) is 7.59. The maximum Gasteiger partial charge on any atom is 0.243 e. The summed E-state index contributed by atoms with van der Waals surface area (Å²) in [6.45, 7) is 5.71. The van der Waals surface area contributed by atoms with Gasteiger partial charge in [0.1, 0.15) is 6.33 Å². The summed E-state index contributed by atoms with van der Waals surface area (Å²) in [5, 5.41) is 2.66. The number of carbonyl (C=O) groups is 1. The van der Waals surface area contributed by atoms with Crippen LogP contribution < -0.4 is 10.2 Å². The molecule has 1 N–H and O–H groups in total. The fourth-order valence-corrected chi connectivity index (χ4v) is 6.36. The minimum absolute atomic E-state index is 0.217. The van der Waals surface area contributed by atoms with E-state index in [9.17, 15) is 17.6 Å². The van der Waals surface area contributed by atoms with Crippen molar-refractivity contribution in [1.29, 1.82) is 0 Å². The van der Waals surface area contributed by atoms with Crippen LogP contribution in [0.15, 0.2) is 29.4 Å². The highest BCUT2D eigenvalue weighted by Crippen LogP contribution is 2.40. The number of piperidine rings is 1. The number of fused-ring (bicyclic) bond motifs is 2. The molecular formula is C20H24FN5O3S. The van der Waals surface area contributed by atoms with Gasteiger partial charge in [0.2, 0.25) is 15.9 Å². The van der Waals surface area contributed by atoms with Gasteiger partial charge >= 0.3 is 0 Å². The molecule has 3 aliphatic rings. The number of hydrogen-bond acceptors (Lipinski definition) is 6. The molecule has 0 spiro atoms. The molecule has 0 saturated carbocycles. The van der Waals surface area contributed by atoms with Gasteiger partial charge < -0.3 is 10.2 Å². The van der Waals surface area contributed by atoms with Crippen LogP contribution in [0.3, 0.4) is 0 Å². The molecule has 5 rings (SSSR count). The van der Waals surface area contributed by atoms with Gasteiger partial charge in [0.15, 0.2) is 11.6 Å². The number of benzene rings is 1. The Kier molecular flexibility index (Phi) is 5.23. The first-order chi connectivity index (χ1) is 14.2. The lowest BCUT2D eigenvalue weighted by Gasteiger charge is -2.55. The summed E-state index contributed by atoms with van der Waals surface area (Å²) in [6, 6.07) is 4.30. The monoisotopic (exact) mass is 433 g/mol. The molecule has 1 amide bonds. The minimum Gasteiger partial charge on any atom is -0.351 e. The quantitative estimate of drug-likeness (QED) is 0.776. The zero-order chi connectivity index (χ0) is 21.6. The molecule has 2 aromatic rings. The molecule has 160 valence electrons. The molecule has 2 unspecified atom stereocenters. The van der Waals surface area contributed by atoms with Gasteiger partial charge in [-0.15, -0.1) is 0 Å². The van der Waals surface area contributed by atoms with Crippen LogP contribution in [-0.2, 0) is 21.2 Å². The van der Waals surface area contributed by atoms with Crippen LogP contribution in [0.2, 0.25) is 0 Å². The number of aryl methyl sites for hydroxylation is 2. The summed E-state index contributed by atoms with van der Waals surface area (Å²) in [4.78, 5) is 21.3. The molecule has 2 atom stereocenters. The molecular weight excluding hydrogens is 409 g/mol. The van der Waals surface area contributed by atoms with Gasteiger partial charge in [0.25, 0.3) is 0 Å². The van der Waals surface area contributed by atoms with E-state index in [4.69, 9.17) is 0 Å². The van der Waals surface area contributed by atoms with E-state index in [2.05, 4.69) is 15.3 Å². The van der Waals surface area contributed by atoms with E-state index in [0.29, 0.717) is 36.5 Å². The van der Waals surface area contributed by atoms with Crippen molar-refractivity contribution in [3.05, 3.63) is 41.6 Å². The van der Waals surface area contributed by atoms with Crippen LogP contribution in [-0.4, -0.2) is 53.8 Å². The second-order valence-electron chi connectivity index (χ2n) is 7.76. The highest BCUT2D eigenvalue weighted by atomic mass is 32.2. The number of carbonyl (C=O) groups excluding carboxylic acids is 1. The van der Waals surface area contributed by atoms with Crippen LogP contribution in [0, 0.1) is 12.7 Å². The molecule has 30 heavy (non-hydrogen) atoms. The number of sulfonamides is 1. The molecule has 8 nitrogen and oxygen atoms in total. The Bertz CT molecular complexity index is 1100. The largest absolute Gasteiger partial charge is 0.351 e. The van der Waals surface area contributed by atoms with Gasteiger partial charge in [-0.1, -0.05) is 6.92 Å². The van der Waals surface area contributed by atoms with Crippen LogP contribution >= 0.6 is 0 Å². The Morgan fingerprint density at radius 1 is 1.27 bits per heavy atom. The van der Waals surface area contributed by atoms with Crippen molar-refractivity contribution in [2.45, 2.75) is 50.6 Å². The van der Waals surface area contributed by atoms with E-state index in [1.54, 1.807) is 19.1 Å². The number of halogens is 1. The molecule has 3 fully saturated rings. The maximum atomic E-state index is 14.6. The van der Waals surface area contributed by atoms with Gasteiger partial charge in [0, 0.05) is 37.8 Å². The number of amides is 1. The topological polar surface area (TPSA) is 95.5 Å². The predicted molar refractivity (Wildman–Crippen MR) is 110 cm³/mol. The lowest BCUT2D eigenvalue weighted by atomic mass is 9.91. The van der Waals surface area contributed by atoms with Crippen molar-refractivity contribution in [3.8, 4) is 0 Å². The SMILES string of the molecule is CCc1ncnc(N2CC3CC(C2)N3S(=O)(=O)c2ccc(NC(C)=O)cc2C)c1F. The number of rotatable bonds is 5. The third-order valence-electron chi connectivity index (χ3n) is 5.65. The highest BCUT2D eigenvalue weighted by Gasteiger charge is 2.52. The van der Waals surface area contributed by atoms with Crippen LogP contribution in [0.4, 0.5) is 15.9 Å². The van der Waals surface area contributed by atoms with E-state index in [-0.39, 0.29) is 28.7 Å². The fraction of sp³-hybridized carbons (Fsp3) is 0.450. The zero-order valence-electron chi connectivity index (χ0n) is 17.1. The molecule has 10 heteroatoms. The predicted octanol–water partition coefficient (Wildman–Crippen LogP) is 2.10. The molecule has 1 aromatic carbocycles.